The standard InChI is InChI=1S/C14H25N3O3/c1-10(2)17-7-6-15(8-11(17)3)13(18)12-4-5-16(9-12)14(19)20/h10-12H,4-9H2,1-3H3,(H,19,20)/t11-,12-/m0/s1. The van der Waals surface area contributed by atoms with Gasteiger partial charge in [0.05, 0.1) is 5.92 Å². The highest BCUT2D eigenvalue weighted by Crippen LogP contribution is 2.21. The summed E-state index contributed by atoms with van der Waals surface area (Å²) in [6, 6.07) is 0.862. The summed E-state index contributed by atoms with van der Waals surface area (Å²) in [7, 11) is 0. The summed E-state index contributed by atoms with van der Waals surface area (Å²) in [5.74, 6) is -0.0205. The average molecular weight is 283 g/mol. The van der Waals surface area contributed by atoms with Crippen molar-refractivity contribution in [2.45, 2.75) is 39.3 Å². The number of carboxylic acid groups (broad SMARTS) is 1. The van der Waals surface area contributed by atoms with E-state index >= 15 is 0 Å². The molecular formula is C14H25N3O3. The molecule has 1 N–H and O–H groups in total. The van der Waals surface area contributed by atoms with E-state index in [2.05, 4.69) is 25.7 Å². The molecule has 0 radical (unpaired) electrons. The van der Waals surface area contributed by atoms with Gasteiger partial charge in [-0.1, -0.05) is 0 Å². The van der Waals surface area contributed by atoms with Crippen LogP contribution in [0.25, 0.3) is 0 Å². The molecule has 6 nitrogen and oxygen atoms in total. The van der Waals surface area contributed by atoms with Gasteiger partial charge >= 0.3 is 6.09 Å². The van der Waals surface area contributed by atoms with E-state index in [9.17, 15) is 9.59 Å². The number of likely N-dealkylation sites (tertiary alicyclic amines) is 1. The predicted molar refractivity (Wildman–Crippen MR) is 75.6 cm³/mol. The molecule has 0 aliphatic carbocycles. The first kappa shape index (κ1) is 15.1. The first-order valence-electron chi connectivity index (χ1n) is 7.42. The fourth-order valence-corrected chi connectivity index (χ4v) is 3.33. The van der Waals surface area contributed by atoms with E-state index < -0.39 is 6.09 Å². The van der Waals surface area contributed by atoms with Gasteiger partial charge in [0.15, 0.2) is 0 Å². The molecule has 2 amide bonds. The quantitative estimate of drug-likeness (QED) is 0.819. The molecule has 2 heterocycles. The SMILES string of the molecule is CC(C)N1CCN(C(=O)[C@H]2CCN(C(=O)O)C2)C[C@@H]1C. The van der Waals surface area contributed by atoms with Crippen molar-refractivity contribution >= 4 is 12.0 Å². The van der Waals surface area contributed by atoms with Crippen LogP contribution in [0.5, 0.6) is 0 Å². The zero-order chi connectivity index (χ0) is 14.9. The Morgan fingerprint density at radius 1 is 1.10 bits per heavy atom. The van der Waals surface area contributed by atoms with Crippen molar-refractivity contribution in [1.82, 2.24) is 14.7 Å². The van der Waals surface area contributed by atoms with Crippen LogP contribution >= 0.6 is 0 Å². The van der Waals surface area contributed by atoms with E-state index in [1.165, 1.54) is 4.90 Å². The molecule has 114 valence electrons. The Morgan fingerprint density at radius 3 is 2.30 bits per heavy atom. The largest absolute Gasteiger partial charge is 0.465 e. The van der Waals surface area contributed by atoms with Crippen LogP contribution < -0.4 is 0 Å². The van der Waals surface area contributed by atoms with Gasteiger partial charge in [-0.05, 0) is 27.2 Å². The van der Waals surface area contributed by atoms with Gasteiger partial charge in [-0.2, -0.15) is 0 Å². The van der Waals surface area contributed by atoms with E-state index in [1.54, 1.807) is 0 Å². The lowest BCUT2D eigenvalue weighted by molar-refractivity contribution is -0.138. The summed E-state index contributed by atoms with van der Waals surface area (Å²) >= 11 is 0. The normalized spacial score (nSPS) is 28.2. The van der Waals surface area contributed by atoms with Gasteiger partial charge in [0.1, 0.15) is 0 Å². The lowest BCUT2D eigenvalue weighted by Gasteiger charge is -2.42. The topological polar surface area (TPSA) is 64.1 Å². The van der Waals surface area contributed by atoms with Crippen molar-refractivity contribution < 1.29 is 14.7 Å². The highest BCUT2D eigenvalue weighted by molar-refractivity contribution is 5.80. The number of amides is 2. The summed E-state index contributed by atoms with van der Waals surface area (Å²) in [4.78, 5) is 29.1. The van der Waals surface area contributed by atoms with Crippen molar-refractivity contribution in [2.24, 2.45) is 5.92 Å². The van der Waals surface area contributed by atoms with Gasteiger partial charge in [0.2, 0.25) is 5.91 Å². The van der Waals surface area contributed by atoms with Crippen molar-refractivity contribution in [1.29, 1.82) is 0 Å². The first-order chi connectivity index (χ1) is 9.40. The summed E-state index contributed by atoms with van der Waals surface area (Å²) < 4.78 is 0. The summed E-state index contributed by atoms with van der Waals surface area (Å²) in [5.41, 5.74) is 0. The van der Waals surface area contributed by atoms with Crippen LogP contribution in [0, 0.1) is 5.92 Å². The molecule has 2 rings (SSSR count). The van der Waals surface area contributed by atoms with Gasteiger partial charge in [-0.15, -0.1) is 0 Å². The fourth-order valence-electron chi connectivity index (χ4n) is 3.33. The average Bonchev–Trinajstić information content (AvgIpc) is 2.87. The molecule has 0 aromatic heterocycles. The second-order valence-electron chi connectivity index (χ2n) is 6.18. The van der Waals surface area contributed by atoms with Gasteiger partial charge in [0.25, 0.3) is 0 Å². The van der Waals surface area contributed by atoms with Gasteiger partial charge in [0, 0.05) is 44.8 Å². The smallest absolute Gasteiger partial charge is 0.407 e. The third-order valence-electron chi connectivity index (χ3n) is 4.46. The molecule has 2 aliphatic heterocycles. The van der Waals surface area contributed by atoms with Crippen LogP contribution in [-0.2, 0) is 4.79 Å². The van der Waals surface area contributed by atoms with Crippen molar-refractivity contribution in [2.75, 3.05) is 32.7 Å². The van der Waals surface area contributed by atoms with Gasteiger partial charge < -0.3 is 14.9 Å². The van der Waals surface area contributed by atoms with E-state index in [4.69, 9.17) is 5.11 Å². The zero-order valence-electron chi connectivity index (χ0n) is 12.6. The third kappa shape index (κ3) is 3.06. The summed E-state index contributed by atoms with van der Waals surface area (Å²) in [6.45, 7) is 9.74. The molecule has 2 aliphatic rings. The molecule has 0 spiro atoms. The Balaban J connectivity index is 1.90. The van der Waals surface area contributed by atoms with Crippen LogP contribution in [0.1, 0.15) is 27.2 Å². The number of hydrogen-bond donors (Lipinski definition) is 1. The van der Waals surface area contributed by atoms with Crippen LogP contribution in [0.3, 0.4) is 0 Å². The molecule has 2 atom stereocenters. The van der Waals surface area contributed by atoms with Crippen LogP contribution in [-0.4, -0.2) is 76.6 Å². The Morgan fingerprint density at radius 2 is 1.80 bits per heavy atom. The van der Waals surface area contributed by atoms with Crippen LogP contribution in [0.15, 0.2) is 0 Å². The maximum Gasteiger partial charge on any atom is 0.407 e. The van der Waals surface area contributed by atoms with Crippen LogP contribution in [0.4, 0.5) is 4.79 Å². The van der Waals surface area contributed by atoms with E-state index in [-0.39, 0.29) is 11.8 Å². The van der Waals surface area contributed by atoms with Crippen molar-refractivity contribution in [3.8, 4) is 0 Å². The highest BCUT2D eigenvalue weighted by atomic mass is 16.4. The molecule has 0 aromatic carbocycles. The van der Waals surface area contributed by atoms with E-state index in [0.29, 0.717) is 31.6 Å². The molecule has 2 saturated heterocycles. The molecule has 2 fully saturated rings. The summed E-state index contributed by atoms with van der Waals surface area (Å²) in [6.07, 6.45) is -0.262. The monoisotopic (exact) mass is 283 g/mol. The molecule has 0 saturated carbocycles. The molecule has 0 aromatic rings. The van der Waals surface area contributed by atoms with Gasteiger partial charge in [-0.25, -0.2) is 4.79 Å². The Bertz CT molecular complexity index is 386. The van der Waals surface area contributed by atoms with E-state index in [0.717, 1.165) is 19.6 Å². The van der Waals surface area contributed by atoms with Crippen molar-refractivity contribution in [3.63, 3.8) is 0 Å². The van der Waals surface area contributed by atoms with Crippen molar-refractivity contribution in [3.05, 3.63) is 0 Å². The first-order valence-corrected chi connectivity index (χ1v) is 7.42. The minimum absolute atomic E-state index is 0.129. The maximum absolute atomic E-state index is 12.5. The number of piperazine rings is 1. The number of carbonyl (C=O) groups is 2. The zero-order valence-corrected chi connectivity index (χ0v) is 12.6. The lowest BCUT2D eigenvalue weighted by Crippen LogP contribution is -2.56. The van der Waals surface area contributed by atoms with Gasteiger partial charge in [-0.3, -0.25) is 9.69 Å². The number of rotatable bonds is 2. The second kappa shape index (κ2) is 5.99. The third-order valence-corrected chi connectivity index (χ3v) is 4.46. The number of hydrogen-bond acceptors (Lipinski definition) is 3. The fraction of sp³-hybridized carbons (Fsp3) is 0.857. The predicted octanol–water partition coefficient (Wildman–Crippen LogP) is 0.927. The minimum atomic E-state index is -0.918. The van der Waals surface area contributed by atoms with Crippen LogP contribution in [0.2, 0.25) is 0 Å². The lowest BCUT2D eigenvalue weighted by atomic mass is 10.0. The Kier molecular flexibility index (Phi) is 4.52. The number of carbonyl (C=O) groups excluding carboxylic acids is 1. The maximum atomic E-state index is 12.5. The molecule has 0 bridgehead atoms. The second-order valence-corrected chi connectivity index (χ2v) is 6.18. The molecular weight excluding hydrogens is 258 g/mol. The Labute approximate surface area is 120 Å². The molecule has 20 heavy (non-hydrogen) atoms. The molecule has 6 heteroatoms. The number of nitrogens with zero attached hydrogens (tertiary/aromatic N) is 3. The Hall–Kier alpha value is -1.30. The minimum Gasteiger partial charge on any atom is -0.465 e. The summed E-state index contributed by atoms with van der Waals surface area (Å²) in [5, 5.41) is 8.96. The molecule has 0 unspecified atom stereocenters. The van der Waals surface area contributed by atoms with E-state index in [1.807, 2.05) is 4.90 Å². The highest BCUT2D eigenvalue weighted by Gasteiger charge is 2.36.